The van der Waals surface area contributed by atoms with E-state index in [-0.39, 0.29) is 16.7 Å². The summed E-state index contributed by atoms with van der Waals surface area (Å²) in [5.41, 5.74) is 1.84. The van der Waals surface area contributed by atoms with Gasteiger partial charge in [-0.2, -0.15) is 0 Å². The first-order valence-electron chi connectivity index (χ1n) is 9.10. The molecule has 1 heterocycles. The predicted molar refractivity (Wildman–Crippen MR) is 109 cm³/mol. The van der Waals surface area contributed by atoms with Crippen molar-refractivity contribution in [2.75, 3.05) is 10.0 Å². The molecule has 2 N–H and O–H groups in total. The number of aromatic nitrogens is 1. The number of nitrogens with zero attached hydrogens (tertiary/aromatic N) is 1. The average molecular weight is 401 g/mol. The molecular weight excluding hydrogens is 378 g/mol. The van der Waals surface area contributed by atoms with Gasteiger partial charge in [0.25, 0.3) is 10.0 Å². The van der Waals surface area contributed by atoms with Crippen molar-refractivity contribution < 1.29 is 17.7 Å². The van der Waals surface area contributed by atoms with Crippen LogP contribution in [0.2, 0.25) is 0 Å². The fourth-order valence-corrected chi connectivity index (χ4v) is 4.13. The van der Waals surface area contributed by atoms with Crippen molar-refractivity contribution >= 4 is 38.3 Å². The number of fused-ring (bicyclic) bond motifs is 1. The van der Waals surface area contributed by atoms with Crippen LogP contribution < -0.4 is 10.0 Å². The fourth-order valence-electron chi connectivity index (χ4n) is 2.86. The number of unbranched alkanes of at least 4 members (excludes halogenated alkanes) is 1. The molecule has 3 rings (SSSR count). The first kappa shape index (κ1) is 19.9. The van der Waals surface area contributed by atoms with E-state index in [0.717, 1.165) is 12.8 Å². The van der Waals surface area contributed by atoms with E-state index >= 15 is 0 Å². The van der Waals surface area contributed by atoms with E-state index in [9.17, 15) is 13.2 Å². The maximum Gasteiger partial charge on any atom is 0.264 e. The Morgan fingerprint density at radius 1 is 1.11 bits per heavy atom. The van der Waals surface area contributed by atoms with Crippen LogP contribution in [0.3, 0.4) is 0 Å². The monoisotopic (exact) mass is 401 g/mol. The minimum Gasteiger partial charge on any atom is -0.337 e. The molecule has 0 saturated carbocycles. The first-order chi connectivity index (χ1) is 13.3. The molecule has 3 aromatic rings. The molecule has 1 amide bonds. The smallest absolute Gasteiger partial charge is 0.264 e. The molecule has 0 bridgehead atoms. The lowest BCUT2D eigenvalue weighted by Crippen LogP contribution is -2.14. The number of nitrogens with one attached hydrogen (secondary N) is 2. The Kier molecular flexibility index (Phi) is 5.69. The Balaban J connectivity index is 1.99. The molecule has 1 aromatic heterocycles. The average Bonchev–Trinajstić information content (AvgIpc) is 2.97. The minimum absolute atomic E-state index is 0.0894. The molecular formula is C20H23N3O4S. The van der Waals surface area contributed by atoms with Crippen molar-refractivity contribution in [1.82, 2.24) is 5.16 Å². The summed E-state index contributed by atoms with van der Waals surface area (Å²) in [5, 5.41) is 7.82. The summed E-state index contributed by atoms with van der Waals surface area (Å²) in [7, 11) is -3.90. The van der Waals surface area contributed by atoms with Gasteiger partial charge < -0.3 is 9.84 Å². The van der Waals surface area contributed by atoms with Gasteiger partial charge in [-0.1, -0.05) is 42.8 Å². The molecule has 0 spiro atoms. The van der Waals surface area contributed by atoms with E-state index in [1.54, 1.807) is 44.2 Å². The van der Waals surface area contributed by atoms with Crippen LogP contribution in [0.5, 0.6) is 0 Å². The molecule has 0 aliphatic carbocycles. The van der Waals surface area contributed by atoms with Crippen LogP contribution in [-0.4, -0.2) is 19.5 Å². The normalized spacial score (nSPS) is 11.5. The second-order valence-electron chi connectivity index (χ2n) is 6.64. The van der Waals surface area contributed by atoms with Gasteiger partial charge in [0.15, 0.2) is 0 Å². The SMILES string of the molecule is CCCCC(=O)Nc1cccc2c(S(=O)(=O)Nc3onc(C)c3C)cccc12. The summed E-state index contributed by atoms with van der Waals surface area (Å²) in [6, 6.07) is 10.2. The van der Waals surface area contributed by atoms with Crippen LogP contribution in [0.15, 0.2) is 45.8 Å². The van der Waals surface area contributed by atoms with Crippen molar-refractivity contribution in [2.24, 2.45) is 0 Å². The van der Waals surface area contributed by atoms with Crippen molar-refractivity contribution in [1.29, 1.82) is 0 Å². The molecule has 28 heavy (non-hydrogen) atoms. The second kappa shape index (κ2) is 8.02. The molecule has 0 aliphatic rings. The predicted octanol–water partition coefficient (Wildman–Crippen LogP) is 4.37. The van der Waals surface area contributed by atoms with Gasteiger partial charge in [0.1, 0.15) is 0 Å². The van der Waals surface area contributed by atoms with Crippen LogP contribution in [0.1, 0.15) is 37.4 Å². The Hall–Kier alpha value is -2.87. The van der Waals surface area contributed by atoms with Crippen molar-refractivity contribution in [3.8, 4) is 0 Å². The summed E-state index contributed by atoms with van der Waals surface area (Å²) in [5.74, 6) is 0.00650. The number of amides is 1. The molecule has 0 radical (unpaired) electrons. The zero-order valence-electron chi connectivity index (χ0n) is 16.1. The summed E-state index contributed by atoms with van der Waals surface area (Å²) in [4.78, 5) is 12.2. The maximum atomic E-state index is 13.0. The summed E-state index contributed by atoms with van der Waals surface area (Å²) >= 11 is 0. The minimum atomic E-state index is -3.90. The van der Waals surface area contributed by atoms with Gasteiger partial charge in [-0.15, -0.1) is 0 Å². The van der Waals surface area contributed by atoms with Crippen molar-refractivity contribution in [3.05, 3.63) is 47.7 Å². The number of carbonyl (C=O) groups excluding carboxylic acids is 1. The third kappa shape index (κ3) is 4.01. The lowest BCUT2D eigenvalue weighted by atomic mass is 10.1. The third-order valence-corrected chi connectivity index (χ3v) is 5.98. The largest absolute Gasteiger partial charge is 0.337 e. The van der Waals surface area contributed by atoms with E-state index < -0.39 is 10.0 Å². The Bertz CT molecular complexity index is 1120. The van der Waals surface area contributed by atoms with Crippen LogP contribution in [0, 0.1) is 13.8 Å². The van der Waals surface area contributed by atoms with Gasteiger partial charge in [0, 0.05) is 28.4 Å². The zero-order chi connectivity index (χ0) is 20.3. The molecule has 0 unspecified atom stereocenters. The Morgan fingerprint density at radius 3 is 2.50 bits per heavy atom. The number of aryl methyl sites for hydroxylation is 1. The topological polar surface area (TPSA) is 101 Å². The number of benzene rings is 2. The van der Waals surface area contributed by atoms with Crippen molar-refractivity contribution in [2.45, 2.75) is 44.9 Å². The summed E-state index contributed by atoms with van der Waals surface area (Å²) in [6.45, 7) is 5.49. The van der Waals surface area contributed by atoms with E-state index in [1.807, 2.05) is 6.92 Å². The van der Waals surface area contributed by atoms with Gasteiger partial charge in [-0.25, -0.2) is 13.1 Å². The van der Waals surface area contributed by atoms with Crippen molar-refractivity contribution in [3.63, 3.8) is 0 Å². The maximum absolute atomic E-state index is 13.0. The molecule has 0 aliphatic heterocycles. The molecule has 0 fully saturated rings. The zero-order valence-corrected chi connectivity index (χ0v) is 16.9. The van der Waals surface area contributed by atoms with Gasteiger partial charge in [0.05, 0.1) is 10.6 Å². The summed E-state index contributed by atoms with van der Waals surface area (Å²) in [6.07, 6.45) is 2.16. The quantitative estimate of drug-likeness (QED) is 0.612. The van der Waals surface area contributed by atoms with E-state index in [1.165, 1.54) is 6.07 Å². The first-order valence-corrected chi connectivity index (χ1v) is 10.6. The van der Waals surface area contributed by atoms with Crippen LogP contribution >= 0.6 is 0 Å². The molecule has 0 atom stereocenters. The molecule has 148 valence electrons. The standard InChI is InChI=1S/C20H23N3O4S/c1-4-5-12-19(24)21-17-10-6-9-16-15(17)8-7-11-18(16)28(25,26)23-20-13(2)14(3)22-27-20/h6-11,23H,4-5,12H2,1-3H3,(H,21,24). The van der Waals surface area contributed by atoms with E-state index in [4.69, 9.17) is 4.52 Å². The van der Waals surface area contributed by atoms with Gasteiger partial charge in [-0.05, 0) is 32.4 Å². The van der Waals surface area contributed by atoms with Gasteiger partial charge in [-0.3, -0.25) is 4.79 Å². The number of hydrogen-bond donors (Lipinski definition) is 2. The lowest BCUT2D eigenvalue weighted by Gasteiger charge is -2.12. The fraction of sp³-hybridized carbons (Fsp3) is 0.300. The number of anilines is 2. The molecule has 2 aromatic carbocycles. The second-order valence-corrected chi connectivity index (χ2v) is 8.29. The van der Waals surface area contributed by atoms with E-state index in [0.29, 0.717) is 34.1 Å². The Labute approximate surface area is 164 Å². The van der Waals surface area contributed by atoms with Crippen LogP contribution in [0.25, 0.3) is 10.8 Å². The number of rotatable bonds is 7. The molecule has 7 nitrogen and oxygen atoms in total. The Morgan fingerprint density at radius 2 is 1.82 bits per heavy atom. The summed E-state index contributed by atoms with van der Waals surface area (Å²) < 4.78 is 33.5. The highest BCUT2D eigenvalue weighted by molar-refractivity contribution is 7.93. The number of hydrogen-bond acceptors (Lipinski definition) is 5. The molecule has 8 heteroatoms. The van der Waals surface area contributed by atoms with Gasteiger partial charge in [0.2, 0.25) is 11.8 Å². The number of carbonyl (C=O) groups is 1. The molecule has 0 saturated heterocycles. The highest BCUT2D eigenvalue weighted by atomic mass is 32.2. The highest BCUT2D eigenvalue weighted by Crippen LogP contribution is 2.31. The third-order valence-electron chi connectivity index (χ3n) is 4.59. The van der Waals surface area contributed by atoms with Crippen LogP contribution in [0.4, 0.5) is 11.6 Å². The van der Waals surface area contributed by atoms with Gasteiger partial charge >= 0.3 is 0 Å². The lowest BCUT2D eigenvalue weighted by molar-refractivity contribution is -0.116. The van der Waals surface area contributed by atoms with E-state index in [2.05, 4.69) is 15.2 Å². The highest BCUT2D eigenvalue weighted by Gasteiger charge is 2.22. The number of sulfonamides is 1. The van der Waals surface area contributed by atoms with Crippen LogP contribution in [-0.2, 0) is 14.8 Å².